The predicted molar refractivity (Wildman–Crippen MR) is 114 cm³/mol. The fourth-order valence-corrected chi connectivity index (χ4v) is 4.56. The Morgan fingerprint density at radius 3 is 2.27 bits per heavy atom. The van der Waals surface area contributed by atoms with Gasteiger partial charge in [0, 0.05) is 30.3 Å². The van der Waals surface area contributed by atoms with Crippen LogP contribution in [0.25, 0.3) is 0 Å². The van der Waals surface area contributed by atoms with Crippen molar-refractivity contribution in [1.29, 1.82) is 0 Å². The molecule has 0 amide bonds. The van der Waals surface area contributed by atoms with Crippen molar-refractivity contribution in [3.63, 3.8) is 0 Å². The van der Waals surface area contributed by atoms with Gasteiger partial charge in [0.1, 0.15) is 18.0 Å². The van der Waals surface area contributed by atoms with Gasteiger partial charge in [-0.1, -0.05) is 13.8 Å². The van der Waals surface area contributed by atoms with E-state index in [0.29, 0.717) is 11.4 Å². The molecule has 0 unspecified atom stereocenters. The van der Waals surface area contributed by atoms with Gasteiger partial charge < -0.3 is 29.0 Å². The van der Waals surface area contributed by atoms with Crippen LogP contribution in [-0.4, -0.2) is 37.7 Å². The number of esters is 1. The summed E-state index contributed by atoms with van der Waals surface area (Å²) in [6.45, 7) is 9.21. The van der Waals surface area contributed by atoms with Crippen molar-refractivity contribution >= 4 is 19.3 Å². The molecule has 30 heavy (non-hydrogen) atoms. The predicted octanol–water partition coefficient (Wildman–Crippen LogP) is 4.36. The first-order valence-corrected chi connectivity index (χ1v) is 11.7. The normalized spacial score (nSPS) is 27.2. The van der Waals surface area contributed by atoms with Crippen molar-refractivity contribution < 1.29 is 32.6 Å². The van der Waals surface area contributed by atoms with E-state index < -0.39 is 32.1 Å². The summed E-state index contributed by atoms with van der Waals surface area (Å²) in [6, 6.07) is 7.01. The molecular weight excluding hydrogens is 409 g/mol. The summed E-state index contributed by atoms with van der Waals surface area (Å²) < 4.78 is 41.1. The third-order valence-electron chi connectivity index (χ3n) is 4.90. The maximum atomic E-state index is 12.8. The second kappa shape index (κ2) is 11.0. The third kappa shape index (κ3) is 6.57. The zero-order valence-corrected chi connectivity index (χ0v) is 19.0. The van der Waals surface area contributed by atoms with Crippen molar-refractivity contribution in [2.45, 2.75) is 53.1 Å². The Hall–Kier alpha value is -1.86. The number of hydrogen-bond donors (Lipinski definition) is 1. The van der Waals surface area contributed by atoms with Gasteiger partial charge in [0.15, 0.2) is 0 Å². The molecule has 0 aromatic heterocycles. The Bertz CT molecular complexity index is 757. The molecule has 1 heterocycles. The third-order valence-corrected chi connectivity index (χ3v) is 6.68. The second-order valence-electron chi connectivity index (χ2n) is 7.17. The van der Waals surface area contributed by atoms with E-state index in [1.807, 2.05) is 13.8 Å². The van der Waals surface area contributed by atoms with Gasteiger partial charge in [0.25, 0.3) is 0 Å². The van der Waals surface area contributed by atoms with Gasteiger partial charge in [-0.25, -0.2) is 0 Å². The van der Waals surface area contributed by atoms with E-state index in [1.54, 1.807) is 44.2 Å². The van der Waals surface area contributed by atoms with E-state index in [-0.39, 0.29) is 25.0 Å². The second-order valence-corrected chi connectivity index (χ2v) is 9.06. The molecule has 8 nitrogen and oxygen atoms in total. The van der Waals surface area contributed by atoms with E-state index in [0.717, 1.165) is 0 Å². The molecule has 1 aromatic rings. The number of carbonyl (C=O) groups is 1. The van der Waals surface area contributed by atoms with Crippen molar-refractivity contribution in [1.82, 2.24) is 0 Å². The largest absolute Gasteiger partial charge is 0.465 e. The number of benzene rings is 1. The molecule has 5 atom stereocenters. The zero-order valence-electron chi connectivity index (χ0n) is 18.1. The summed E-state index contributed by atoms with van der Waals surface area (Å²) in [7, 11) is -3.43. The van der Waals surface area contributed by atoms with Gasteiger partial charge in [0.05, 0.1) is 13.2 Å². The van der Waals surface area contributed by atoms with Crippen LogP contribution in [0, 0.1) is 11.8 Å². The molecule has 0 aliphatic carbocycles. The van der Waals surface area contributed by atoms with Gasteiger partial charge >= 0.3 is 13.6 Å². The topological polar surface area (TPSA) is 106 Å². The maximum absolute atomic E-state index is 12.8. The number of hydrogen-bond acceptors (Lipinski definition) is 8. The number of carbonyl (C=O) groups excluding carboxylic acids is 1. The maximum Gasteiger partial charge on any atom is 0.353 e. The van der Waals surface area contributed by atoms with Gasteiger partial charge in [-0.05, 0) is 44.2 Å². The Labute approximate surface area is 178 Å². The molecule has 0 bridgehead atoms. The first-order valence-electron chi connectivity index (χ1n) is 10.1. The van der Waals surface area contributed by atoms with Crippen LogP contribution < -0.4 is 10.5 Å². The van der Waals surface area contributed by atoms with Crippen LogP contribution in [0.1, 0.15) is 34.6 Å². The van der Waals surface area contributed by atoms with Gasteiger partial charge in [0.2, 0.25) is 6.29 Å². The van der Waals surface area contributed by atoms with Crippen molar-refractivity contribution in [2.75, 3.05) is 18.9 Å². The Morgan fingerprint density at radius 2 is 1.73 bits per heavy atom. The summed E-state index contributed by atoms with van der Waals surface area (Å²) in [4.78, 5) is 11.7. The molecule has 0 spiro atoms. The molecule has 2 rings (SSSR count). The molecule has 0 radical (unpaired) electrons. The number of nitrogens with two attached hydrogens (primary N) is 1. The summed E-state index contributed by atoms with van der Waals surface area (Å²) in [5, 5.41) is 0. The van der Waals surface area contributed by atoms with Gasteiger partial charge in [-0.15, -0.1) is 0 Å². The van der Waals surface area contributed by atoms with Crippen LogP contribution in [0.5, 0.6) is 5.75 Å². The zero-order chi connectivity index (χ0) is 22.3. The van der Waals surface area contributed by atoms with Gasteiger partial charge in [-0.3, -0.25) is 9.36 Å². The molecule has 1 aliphatic heterocycles. The fourth-order valence-electron chi connectivity index (χ4n) is 3.21. The fraction of sp³-hybridized carbons (Fsp3) is 0.571. The minimum atomic E-state index is -3.43. The van der Waals surface area contributed by atoms with Crippen LogP contribution >= 0.6 is 7.60 Å². The molecule has 1 aliphatic rings. The molecule has 0 saturated carbocycles. The molecular formula is C21H32NO7P. The highest BCUT2D eigenvalue weighted by Gasteiger charge is 2.44. The standard InChI is InChI=1S/C21H32NO7P/c1-6-25-30(24,26-7-2)13-12-19-20(27-16(5)23)14(3)15(4)21(29-19)28-18-10-8-17(22)9-11-18/h8-15,19-21H,6-7,22H2,1-5H3/b13-12+/t14-,15+,19-,20+,21+/m1/s1. The summed E-state index contributed by atoms with van der Waals surface area (Å²) in [5.41, 5.74) is 6.36. The lowest BCUT2D eigenvalue weighted by atomic mass is 9.84. The van der Waals surface area contributed by atoms with Crippen LogP contribution in [0.4, 0.5) is 5.69 Å². The molecule has 1 aromatic carbocycles. The Balaban J connectivity index is 2.27. The lowest BCUT2D eigenvalue weighted by Gasteiger charge is -2.42. The van der Waals surface area contributed by atoms with E-state index in [9.17, 15) is 9.36 Å². The van der Waals surface area contributed by atoms with Crippen LogP contribution in [0.3, 0.4) is 0 Å². The average molecular weight is 441 g/mol. The molecule has 1 fully saturated rings. The van der Waals surface area contributed by atoms with Gasteiger partial charge in [-0.2, -0.15) is 0 Å². The smallest absolute Gasteiger partial charge is 0.353 e. The minimum Gasteiger partial charge on any atom is -0.465 e. The summed E-state index contributed by atoms with van der Waals surface area (Å²) in [5.74, 6) is 1.38. The van der Waals surface area contributed by atoms with E-state index in [4.69, 9.17) is 29.0 Å². The van der Waals surface area contributed by atoms with Crippen LogP contribution in [0.2, 0.25) is 0 Å². The van der Waals surface area contributed by atoms with Crippen LogP contribution in [-0.2, 0) is 27.9 Å². The van der Waals surface area contributed by atoms with Crippen molar-refractivity contribution in [3.8, 4) is 5.75 Å². The summed E-state index contributed by atoms with van der Waals surface area (Å²) in [6.07, 6.45) is -0.296. The molecule has 1 saturated heterocycles. The van der Waals surface area contributed by atoms with Crippen molar-refractivity contribution in [3.05, 3.63) is 36.2 Å². The lowest BCUT2D eigenvalue weighted by Crippen LogP contribution is -2.52. The number of anilines is 1. The molecule has 2 N–H and O–H groups in total. The summed E-state index contributed by atoms with van der Waals surface area (Å²) >= 11 is 0. The minimum absolute atomic E-state index is 0.0814. The quantitative estimate of drug-likeness (QED) is 0.342. The van der Waals surface area contributed by atoms with Crippen LogP contribution in [0.15, 0.2) is 36.2 Å². The van der Waals surface area contributed by atoms with Crippen molar-refractivity contribution in [2.24, 2.45) is 11.8 Å². The first-order chi connectivity index (χ1) is 14.2. The number of nitrogen functional groups attached to an aromatic ring is 1. The Morgan fingerprint density at radius 1 is 1.13 bits per heavy atom. The number of ether oxygens (including phenoxy) is 3. The van der Waals surface area contributed by atoms with E-state index >= 15 is 0 Å². The number of rotatable bonds is 9. The molecule has 9 heteroatoms. The Kier molecular flexibility index (Phi) is 8.92. The van der Waals surface area contributed by atoms with E-state index in [1.165, 1.54) is 12.7 Å². The van der Waals surface area contributed by atoms with E-state index in [2.05, 4.69) is 0 Å². The lowest BCUT2D eigenvalue weighted by molar-refractivity contribution is -0.227. The SMILES string of the molecule is CCOP(=O)(/C=C/[C@H]1O[C@H](Oc2ccc(N)cc2)[C@@H](C)[C@@H](C)[C@@H]1OC(C)=O)OCC. The first kappa shape index (κ1) is 24.4. The molecule has 168 valence electrons. The average Bonchev–Trinajstić information content (AvgIpc) is 2.68. The highest BCUT2D eigenvalue weighted by molar-refractivity contribution is 7.57. The highest BCUT2D eigenvalue weighted by Crippen LogP contribution is 2.50. The monoisotopic (exact) mass is 441 g/mol. The highest BCUT2D eigenvalue weighted by atomic mass is 31.2.